The van der Waals surface area contributed by atoms with Gasteiger partial charge in [0, 0.05) is 28.7 Å². The average Bonchev–Trinajstić information content (AvgIpc) is 2.47. The van der Waals surface area contributed by atoms with Crippen LogP contribution >= 0.6 is 15.9 Å². The molecular weight excluding hydrogens is 300 g/mol. The molecule has 100 valence electrons. The maximum atomic E-state index is 5.93. The monoisotopic (exact) mass is 318 g/mol. The Hall–Kier alpha value is -1.32. The first-order valence-electron chi connectivity index (χ1n) is 6.48. The van der Waals surface area contributed by atoms with Crippen LogP contribution in [0.5, 0.6) is 0 Å². The fraction of sp³-hybridized carbons (Fsp3) is 0.250. The summed E-state index contributed by atoms with van der Waals surface area (Å²) in [5, 5.41) is 3.52. The molecule has 2 rings (SSSR count). The van der Waals surface area contributed by atoms with Gasteiger partial charge in [0.15, 0.2) is 0 Å². The summed E-state index contributed by atoms with van der Waals surface area (Å²) >= 11 is 3.56. The minimum atomic E-state index is 0.209. The Balaban J connectivity index is 2.15. The molecule has 0 aliphatic rings. The van der Waals surface area contributed by atoms with Crippen molar-refractivity contribution in [2.24, 2.45) is 5.73 Å². The lowest BCUT2D eigenvalue weighted by Gasteiger charge is -2.25. The van der Waals surface area contributed by atoms with Gasteiger partial charge in [0.2, 0.25) is 0 Å². The standard InChI is InChI=1S/C16H19BrN2/c1-12(13-7-3-2-4-8-13)16(11-18)19-15-10-6-5-9-14(15)17/h2-10,12,16,19H,11,18H2,1H3. The third-order valence-corrected chi connectivity index (χ3v) is 4.09. The van der Waals surface area contributed by atoms with Crippen molar-refractivity contribution >= 4 is 21.6 Å². The van der Waals surface area contributed by atoms with Crippen LogP contribution in [-0.2, 0) is 0 Å². The number of hydrogen-bond donors (Lipinski definition) is 2. The minimum Gasteiger partial charge on any atom is -0.380 e. The van der Waals surface area contributed by atoms with Gasteiger partial charge >= 0.3 is 0 Å². The maximum absolute atomic E-state index is 5.93. The van der Waals surface area contributed by atoms with Gasteiger partial charge in [0.05, 0.1) is 0 Å². The van der Waals surface area contributed by atoms with Gasteiger partial charge in [-0.3, -0.25) is 0 Å². The van der Waals surface area contributed by atoms with Crippen molar-refractivity contribution in [1.29, 1.82) is 0 Å². The van der Waals surface area contributed by atoms with Gasteiger partial charge in [-0.15, -0.1) is 0 Å². The minimum absolute atomic E-state index is 0.209. The molecule has 0 aliphatic carbocycles. The van der Waals surface area contributed by atoms with Gasteiger partial charge in [-0.1, -0.05) is 49.4 Å². The van der Waals surface area contributed by atoms with Crippen LogP contribution in [0.2, 0.25) is 0 Å². The molecule has 3 heteroatoms. The second kappa shape index (κ2) is 6.73. The third-order valence-electron chi connectivity index (χ3n) is 3.40. The molecule has 0 aromatic heterocycles. The lowest BCUT2D eigenvalue weighted by Crippen LogP contribution is -2.33. The van der Waals surface area contributed by atoms with Crippen LogP contribution in [0.1, 0.15) is 18.4 Å². The third kappa shape index (κ3) is 3.58. The molecule has 0 heterocycles. The van der Waals surface area contributed by atoms with Crippen LogP contribution < -0.4 is 11.1 Å². The molecule has 0 radical (unpaired) electrons. The Morgan fingerprint density at radius 3 is 2.32 bits per heavy atom. The zero-order valence-electron chi connectivity index (χ0n) is 11.0. The molecule has 2 aromatic rings. The Kier molecular flexibility index (Phi) is 5.00. The highest BCUT2D eigenvalue weighted by atomic mass is 79.9. The molecule has 0 saturated carbocycles. The van der Waals surface area contributed by atoms with E-state index in [1.165, 1.54) is 5.56 Å². The summed E-state index contributed by atoms with van der Waals surface area (Å²) in [5.74, 6) is 0.360. The molecule has 0 bridgehead atoms. The lowest BCUT2D eigenvalue weighted by molar-refractivity contribution is 0.611. The maximum Gasteiger partial charge on any atom is 0.0487 e. The average molecular weight is 319 g/mol. The Morgan fingerprint density at radius 1 is 1.05 bits per heavy atom. The van der Waals surface area contributed by atoms with E-state index in [0.717, 1.165) is 10.2 Å². The summed E-state index contributed by atoms with van der Waals surface area (Å²) in [6, 6.07) is 18.8. The normalized spacial score (nSPS) is 13.8. The van der Waals surface area contributed by atoms with Gasteiger partial charge < -0.3 is 11.1 Å². The number of nitrogens with two attached hydrogens (primary N) is 1. The SMILES string of the molecule is CC(c1ccccc1)C(CN)Nc1ccccc1Br. The molecule has 0 amide bonds. The molecule has 3 N–H and O–H groups in total. The number of halogens is 1. The second-order valence-electron chi connectivity index (χ2n) is 4.67. The van der Waals surface area contributed by atoms with Crippen LogP contribution in [-0.4, -0.2) is 12.6 Å². The largest absolute Gasteiger partial charge is 0.380 e. The zero-order valence-corrected chi connectivity index (χ0v) is 12.6. The van der Waals surface area contributed by atoms with E-state index >= 15 is 0 Å². The second-order valence-corrected chi connectivity index (χ2v) is 5.52. The van der Waals surface area contributed by atoms with E-state index in [2.05, 4.69) is 58.5 Å². The quantitative estimate of drug-likeness (QED) is 0.874. The summed E-state index contributed by atoms with van der Waals surface area (Å²) in [5.41, 5.74) is 8.32. The molecule has 0 aliphatic heterocycles. The fourth-order valence-corrected chi connectivity index (χ4v) is 2.55. The Labute approximate surface area is 123 Å². The predicted molar refractivity (Wildman–Crippen MR) is 85.5 cm³/mol. The van der Waals surface area contributed by atoms with Gasteiger partial charge in [-0.2, -0.15) is 0 Å². The van der Waals surface area contributed by atoms with E-state index in [4.69, 9.17) is 5.73 Å². The van der Waals surface area contributed by atoms with E-state index < -0.39 is 0 Å². The van der Waals surface area contributed by atoms with Crippen molar-refractivity contribution in [2.45, 2.75) is 18.9 Å². The number of hydrogen-bond acceptors (Lipinski definition) is 2. The van der Waals surface area contributed by atoms with Crippen molar-refractivity contribution in [2.75, 3.05) is 11.9 Å². The van der Waals surface area contributed by atoms with Crippen molar-refractivity contribution in [3.63, 3.8) is 0 Å². The number of nitrogens with one attached hydrogen (secondary N) is 1. The van der Waals surface area contributed by atoms with Crippen molar-refractivity contribution < 1.29 is 0 Å². The van der Waals surface area contributed by atoms with Gasteiger partial charge in [0.1, 0.15) is 0 Å². The molecular formula is C16H19BrN2. The first kappa shape index (κ1) is 14.1. The van der Waals surface area contributed by atoms with Crippen molar-refractivity contribution in [3.8, 4) is 0 Å². The smallest absolute Gasteiger partial charge is 0.0487 e. The molecule has 0 saturated heterocycles. The van der Waals surface area contributed by atoms with Crippen LogP contribution in [0.25, 0.3) is 0 Å². The summed E-state index contributed by atoms with van der Waals surface area (Å²) in [4.78, 5) is 0. The van der Waals surface area contributed by atoms with Crippen LogP contribution in [0.3, 0.4) is 0 Å². The first-order chi connectivity index (χ1) is 9.22. The summed E-state index contributed by atoms with van der Waals surface area (Å²) < 4.78 is 1.06. The predicted octanol–water partition coefficient (Wildman–Crippen LogP) is 3.99. The number of para-hydroxylation sites is 1. The molecule has 2 nitrogen and oxygen atoms in total. The van der Waals surface area contributed by atoms with E-state index in [9.17, 15) is 0 Å². The van der Waals surface area contributed by atoms with Crippen LogP contribution in [0.4, 0.5) is 5.69 Å². The summed E-state index contributed by atoms with van der Waals surface area (Å²) in [6.45, 7) is 2.80. The fourth-order valence-electron chi connectivity index (χ4n) is 2.15. The number of rotatable bonds is 5. The van der Waals surface area contributed by atoms with Gasteiger partial charge in [-0.25, -0.2) is 0 Å². The van der Waals surface area contributed by atoms with Crippen LogP contribution in [0.15, 0.2) is 59.1 Å². The molecule has 19 heavy (non-hydrogen) atoms. The van der Waals surface area contributed by atoms with E-state index in [1.54, 1.807) is 0 Å². The van der Waals surface area contributed by atoms with Gasteiger partial charge in [-0.05, 0) is 33.6 Å². The van der Waals surface area contributed by atoms with E-state index in [-0.39, 0.29) is 6.04 Å². The molecule has 2 unspecified atom stereocenters. The summed E-state index contributed by atoms with van der Waals surface area (Å²) in [7, 11) is 0. The molecule has 2 atom stereocenters. The molecule has 0 fully saturated rings. The first-order valence-corrected chi connectivity index (χ1v) is 7.27. The topological polar surface area (TPSA) is 38.0 Å². The Bertz CT molecular complexity index is 513. The number of benzene rings is 2. The highest BCUT2D eigenvalue weighted by Crippen LogP contribution is 2.26. The summed E-state index contributed by atoms with van der Waals surface area (Å²) in [6.07, 6.45) is 0. The van der Waals surface area contributed by atoms with Crippen LogP contribution in [0, 0.1) is 0 Å². The molecule has 0 spiro atoms. The highest BCUT2D eigenvalue weighted by molar-refractivity contribution is 9.10. The molecule has 2 aromatic carbocycles. The zero-order chi connectivity index (χ0) is 13.7. The number of anilines is 1. The van der Waals surface area contributed by atoms with E-state index in [0.29, 0.717) is 12.5 Å². The highest BCUT2D eigenvalue weighted by Gasteiger charge is 2.17. The van der Waals surface area contributed by atoms with Gasteiger partial charge in [0.25, 0.3) is 0 Å². The Morgan fingerprint density at radius 2 is 1.68 bits per heavy atom. The van der Waals surface area contributed by atoms with Crippen molar-refractivity contribution in [3.05, 3.63) is 64.6 Å². The van der Waals surface area contributed by atoms with E-state index in [1.807, 2.05) is 24.3 Å². The van der Waals surface area contributed by atoms with Crippen molar-refractivity contribution in [1.82, 2.24) is 0 Å². The lowest BCUT2D eigenvalue weighted by atomic mass is 9.93.